The van der Waals surface area contributed by atoms with Gasteiger partial charge in [0, 0.05) is 25.1 Å². The molecular weight excluding hydrogens is 204 g/mol. The van der Waals surface area contributed by atoms with Crippen molar-refractivity contribution in [1.82, 2.24) is 19.7 Å². The van der Waals surface area contributed by atoms with Gasteiger partial charge in [-0.15, -0.1) is 0 Å². The number of hydrogen-bond acceptors (Lipinski definition) is 4. The van der Waals surface area contributed by atoms with Gasteiger partial charge in [0.1, 0.15) is 6.10 Å². The second-order valence-corrected chi connectivity index (χ2v) is 3.51. The average molecular weight is 218 g/mol. The number of hydrogen-bond donors (Lipinski definition) is 1. The summed E-state index contributed by atoms with van der Waals surface area (Å²) >= 11 is 0. The molecule has 0 aliphatic heterocycles. The number of aryl methyl sites for hydroxylation is 1. The van der Waals surface area contributed by atoms with Crippen molar-refractivity contribution in [2.45, 2.75) is 26.0 Å². The smallest absolute Gasteiger partial charge is 0.139 e. The Hall–Kier alpha value is -1.75. The molecule has 0 aliphatic carbocycles. The van der Waals surface area contributed by atoms with Crippen molar-refractivity contribution >= 4 is 0 Å². The Morgan fingerprint density at radius 1 is 1.38 bits per heavy atom. The van der Waals surface area contributed by atoms with E-state index in [1.807, 2.05) is 0 Å². The molecule has 0 aromatic carbocycles. The summed E-state index contributed by atoms with van der Waals surface area (Å²) in [4.78, 5) is 8.02. The van der Waals surface area contributed by atoms with Gasteiger partial charge in [-0.05, 0) is 12.5 Å². The Morgan fingerprint density at radius 3 is 2.94 bits per heavy atom. The largest absolute Gasteiger partial charge is 0.380 e. The lowest BCUT2D eigenvalue weighted by atomic mass is 10.2. The predicted octanol–water partition coefficient (Wildman–Crippen LogP) is 1.16. The molecule has 2 aromatic heterocycles. The Labute approximate surface area is 93.8 Å². The van der Waals surface area contributed by atoms with E-state index in [4.69, 9.17) is 0 Å². The minimum atomic E-state index is -0.761. The molecule has 1 atom stereocenters. The Bertz CT molecular complexity index is 440. The SMILES string of the molecule is CCCn1nccc1C(O)c1cnccn1. The Kier molecular flexibility index (Phi) is 3.26. The summed E-state index contributed by atoms with van der Waals surface area (Å²) < 4.78 is 1.79. The summed E-state index contributed by atoms with van der Waals surface area (Å²) in [6, 6.07) is 1.80. The van der Waals surface area contributed by atoms with Crippen LogP contribution in [0.25, 0.3) is 0 Å². The van der Waals surface area contributed by atoms with Crippen LogP contribution in [0.1, 0.15) is 30.8 Å². The van der Waals surface area contributed by atoms with E-state index in [1.165, 1.54) is 0 Å². The predicted molar refractivity (Wildman–Crippen MR) is 58.6 cm³/mol. The van der Waals surface area contributed by atoms with Crippen molar-refractivity contribution in [3.8, 4) is 0 Å². The highest BCUT2D eigenvalue weighted by atomic mass is 16.3. The third-order valence-corrected chi connectivity index (χ3v) is 2.33. The van der Waals surface area contributed by atoms with Crippen LogP contribution in [0, 0.1) is 0 Å². The van der Waals surface area contributed by atoms with Crippen LogP contribution in [0.4, 0.5) is 0 Å². The van der Waals surface area contributed by atoms with Gasteiger partial charge >= 0.3 is 0 Å². The molecule has 2 aromatic rings. The molecule has 0 radical (unpaired) electrons. The van der Waals surface area contributed by atoms with E-state index in [-0.39, 0.29) is 0 Å². The molecule has 1 unspecified atom stereocenters. The van der Waals surface area contributed by atoms with E-state index in [1.54, 1.807) is 35.5 Å². The maximum Gasteiger partial charge on any atom is 0.139 e. The molecule has 0 saturated carbocycles. The van der Waals surface area contributed by atoms with Crippen LogP contribution in [0.2, 0.25) is 0 Å². The second kappa shape index (κ2) is 4.85. The lowest BCUT2D eigenvalue weighted by molar-refractivity contribution is 0.202. The van der Waals surface area contributed by atoms with Crippen molar-refractivity contribution in [3.63, 3.8) is 0 Å². The zero-order valence-corrected chi connectivity index (χ0v) is 9.11. The molecule has 5 nitrogen and oxygen atoms in total. The molecule has 0 saturated heterocycles. The topological polar surface area (TPSA) is 63.8 Å². The molecule has 16 heavy (non-hydrogen) atoms. The number of nitrogens with zero attached hydrogens (tertiary/aromatic N) is 4. The summed E-state index contributed by atoms with van der Waals surface area (Å²) in [5, 5.41) is 14.3. The highest BCUT2D eigenvalue weighted by Crippen LogP contribution is 2.18. The summed E-state index contributed by atoms with van der Waals surface area (Å²) in [6.07, 6.45) is 6.61. The van der Waals surface area contributed by atoms with E-state index >= 15 is 0 Å². The highest BCUT2D eigenvalue weighted by Gasteiger charge is 2.16. The van der Waals surface area contributed by atoms with Crippen LogP contribution >= 0.6 is 0 Å². The van der Waals surface area contributed by atoms with Gasteiger partial charge in [-0.2, -0.15) is 5.10 Å². The molecule has 84 valence electrons. The van der Waals surface area contributed by atoms with Gasteiger partial charge in [-0.1, -0.05) is 6.92 Å². The van der Waals surface area contributed by atoms with Crippen LogP contribution in [-0.4, -0.2) is 24.9 Å². The Morgan fingerprint density at radius 2 is 2.25 bits per heavy atom. The quantitative estimate of drug-likeness (QED) is 0.836. The number of aliphatic hydroxyl groups excluding tert-OH is 1. The highest BCUT2D eigenvalue weighted by molar-refractivity contribution is 5.16. The molecule has 0 amide bonds. The van der Waals surface area contributed by atoms with E-state index in [0.717, 1.165) is 18.7 Å². The fraction of sp³-hybridized carbons (Fsp3) is 0.364. The van der Waals surface area contributed by atoms with E-state index in [0.29, 0.717) is 5.69 Å². The summed E-state index contributed by atoms with van der Waals surface area (Å²) in [5.74, 6) is 0. The van der Waals surface area contributed by atoms with Crippen molar-refractivity contribution in [3.05, 3.63) is 42.2 Å². The summed E-state index contributed by atoms with van der Waals surface area (Å²) in [6.45, 7) is 2.86. The lowest BCUT2D eigenvalue weighted by Crippen LogP contribution is -2.11. The molecule has 5 heteroatoms. The van der Waals surface area contributed by atoms with Crippen molar-refractivity contribution in [2.24, 2.45) is 0 Å². The van der Waals surface area contributed by atoms with Crippen LogP contribution in [0.3, 0.4) is 0 Å². The monoisotopic (exact) mass is 218 g/mol. The third-order valence-electron chi connectivity index (χ3n) is 2.33. The third kappa shape index (κ3) is 2.09. The lowest BCUT2D eigenvalue weighted by Gasteiger charge is -2.11. The fourth-order valence-corrected chi connectivity index (χ4v) is 1.58. The first-order valence-corrected chi connectivity index (χ1v) is 5.28. The minimum absolute atomic E-state index is 0.542. The molecule has 0 bridgehead atoms. The first-order chi connectivity index (χ1) is 7.83. The van der Waals surface area contributed by atoms with Crippen LogP contribution in [0.5, 0.6) is 0 Å². The first-order valence-electron chi connectivity index (χ1n) is 5.28. The maximum absolute atomic E-state index is 10.1. The molecular formula is C11H14N4O. The minimum Gasteiger partial charge on any atom is -0.380 e. The first kappa shape index (κ1) is 10.8. The zero-order valence-electron chi connectivity index (χ0n) is 9.11. The molecule has 2 rings (SSSR count). The van der Waals surface area contributed by atoms with Gasteiger partial charge in [0.05, 0.1) is 17.6 Å². The van der Waals surface area contributed by atoms with E-state index in [9.17, 15) is 5.11 Å². The van der Waals surface area contributed by atoms with Crippen molar-refractivity contribution in [2.75, 3.05) is 0 Å². The summed E-state index contributed by atoms with van der Waals surface area (Å²) in [5.41, 5.74) is 1.29. The summed E-state index contributed by atoms with van der Waals surface area (Å²) in [7, 11) is 0. The van der Waals surface area contributed by atoms with Gasteiger partial charge in [-0.25, -0.2) is 0 Å². The molecule has 1 N–H and O–H groups in total. The number of rotatable bonds is 4. The zero-order chi connectivity index (χ0) is 11.4. The molecule has 0 spiro atoms. The average Bonchev–Trinajstić information content (AvgIpc) is 2.78. The standard InChI is InChI=1S/C11H14N4O/c1-2-7-15-10(3-4-14-15)11(16)9-8-12-5-6-13-9/h3-6,8,11,16H,2,7H2,1H3. The maximum atomic E-state index is 10.1. The van der Waals surface area contributed by atoms with Crippen LogP contribution in [-0.2, 0) is 6.54 Å². The van der Waals surface area contributed by atoms with Gasteiger partial charge in [-0.3, -0.25) is 14.6 Å². The van der Waals surface area contributed by atoms with Crippen LogP contribution < -0.4 is 0 Å². The van der Waals surface area contributed by atoms with Crippen molar-refractivity contribution in [1.29, 1.82) is 0 Å². The normalized spacial score (nSPS) is 12.6. The number of aliphatic hydroxyl groups is 1. The van der Waals surface area contributed by atoms with Gasteiger partial charge in [0.2, 0.25) is 0 Å². The van der Waals surface area contributed by atoms with Crippen LogP contribution in [0.15, 0.2) is 30.9 Å². The van der Waals surface area contributed by atoms with E-state index in [2.05, 4.69) is 22.0 Å². The van der Waals surface area contributed by atoms with Gasteiger partial charge < -0.3 is 5.11 Å². The van der Waals surface area contributed by atoms with E-state index < -0.39 is 6.10 Å². The number of aromatic nitrogens is 4. The second-order valence-electron chi connectivity index (χ2n) is 3.51. The molecule has 0 fully saturated rings. The Balaban J connectivity index is 2.27. The molecule has 0 aliphatic rings. The van der Waals surface area contributed by atoms with Gasteiger partial charge in [0.15, 0.2) is 0 Å². The molecule has 2 heterocycles. The van der Waals surface area contributed by atoms with Gasteiger partial charge in [0.25, 0.3) is 0 Å². The van der Waals surface area contributed by atoms with Crippen molar-refractivity contribution < 1.29 is 5.11 Å². The fourth-order valence-electron chi connectivity index (χ4n) is 1.58.